The normalized spacial score (nSPS) is 16.3. The number of thioether (sulfide) groups is 1. The van der Waals surface area contributed by atoms with E-state index in [2.05, 4.69) is 33.8 Å². The SMILES string of the molecule is CCCNc1cncc(C(=O)NCC2(SC)CCC2)n1. The lowest BCUT2D eigenvalue weighted by Gasteiger charge is -2.40. The van der Waals surface area contributed by atoms with Crippen molar-refractivity contribution in [1.82, 2.24) is 15.3 Å². The van der Waals surface area contributed by atoms with Crippen molar-refractivity contribution in [3.8, 4) is 0 Å². The van der Waals surface area contributed by atoms with Gasteiger partial charge < -0.3 is 10.6 Å². The summed E-state index contributed by atoms with van der Waals surface area (Å²) in [6.07, 6.45) is 9.89. The molecule has 2 N–H and O–H groups in total. The van der Waals surface area contributed by atoms with Crippen LogP contribution in [0.4, 0.5) is 5.82 Å². The molecule has 0 aromatic carbocycles. The molecule has 0 atom stereocenters. The molecule has 1 aliphatic carbocycles. The highest BCUT2D eigenvalue weighted by Crippen LogP contribution is 2.42. The van der Waals surface area contributed by atoms with Gasteiger partial charge in [-0.2, -0.15) is 11.8 Å². The first-order valence-electron chi connectivity index (χ1n) is 7.08. The number of hydrogen-bond acceptors (Lipinski definition) is 5. The van der Waals surface area contributed by atoms with Gasteiger partial charge >= 0.3 is 0 Å². The Bertz CT molecular complexity index is 457. The maximum atomic E-state index is 12.1. The summed E-state index contributed by atoms with van der Waals surface area (Å²) in [6, 6.07) is 0. The zero-order chi connectivity index (χ0) is 14.4. The van der Waals surface area contributed by atoms with Gasteiger partial charge in [-0.3, -0.25) is 9.78 Å². The number of anilines is 1. The van der Waals surface area contributed by atoms with Gasteiger partial charge in [-0.15, -0.1) is 0 Å². The van der Waals surface area contributed by atoms with E-state index in [1.54, 1.807) is 6.20 Å². The molecule has 6 heteroatoms. The van der Waals surface area contributed by atoms with E-state index in [0.29, 0.717) is 18.1 Å². The molecule has 110 valence electrons. The second kappa shape index (κ2) is 6.92. The minimum atomic E-state index is -0.141. The third-order valence-electron chi connectivity index (χ3n) is 3.69. The molecule has 0 saturated heterocycles. The molecule has 0 aliphatic heterocycles. The monoisotopic (exact) mass is 294 g/mol. The smallest absolute Gasteiger partial charge is 0.271 e. The minimum Gasteiger partial charge on any atom is -0.369 e. The lowest BCUT2D eigenvalue weighted by Crippen LogP contribution is -2.45. The van der Waals surface area contributed by atoms with Gasteiger partial charge in [0.15, 0.2) is 0 Å². The van der Waals surface area contributed by atoms with Crippen LogP contribution in [0.15, 0.2) is 12.4 Å². The lowest BCUT2D eigenvalue weighted by atomic mass is 9.84. The Morgan fingerprint density at radius 2 is 2.25 bits per heavy atom. The van der Waals surface area contributed by atoms with Crippen LogP contribution in [0.1, 0.15) is 43.1 Å². The quantitative estimate of drug-likeness (QED) is 0.808. The highest BCUT2D eigenvalue weighted by Gasteiger charge is 2.36. The van der Waals surface area contributed by atoms with Crippen LogP contribution >= 0.6 is 11.8 Å². The van der Waals surface area contributed by atoms with Crippen LogP contribution in [-0.2, 0) is 0 Å². The highest BCUT2D eigenvalue weighted by molar-refractivity contribution is 8.00. The topological polar surface area (TPSA) is 66.9 Å². The highest BCUT2D eigenvalue weighted by atomic mass is 32.2. The third-order valence-corrected chi connectivity index (χ3v) is 5.11. The molecule has 1 fully saturated rings. The summed E-state index contributed by atoms with van der Waals surface area (Å²) < 4.78 is 0.237. The minimum absolute atomic E-state index is 0.141. The number of amides is 1. The predicted molar refractivity (Wildman–Crippen MR) is 83.2 cm³/mol. The third kappa shape index (κ3) is 3.62. The van der Waals surface area contributed by atoms with Crippen molar-refractivity contribution in [2.75, 3.05) is 24.7 Å². The Kier molecular flexibility index (Phi) is 5.23. The zero-order valence-corrected chi connectivity index (χ0v) is 12.9. The van der Waals surface area contributed by atoms with Crippen LogP contribution in [0.3, 0.4) is 0 Å². The van der Waals surface area contributed by atoms with E-state index in [-0.39, 0.29) is 10.7 Å². The fourth-order valence-corrected chi connectivity index (χ4v) is 3.08. The van der Waals surface area contributed by atoms with Crippen molar-refractivity contribution in [3.05, 3.63) is 18.1 Å². The summed E-state index contributed by atoms with van der Waals surface area (Å²) in [5, 5.41) is 6.12. The fourth-order valence-electron chi connectivity index (χ4n) is 2.17. The van der Waals surface area contributed by atoms with E-state index in [1.807, 2.05) is 11.8 Å². The predicted octanol–water partition coefficient (Wildman–Crippen LogP) is 2.31. The van der Waals surface area contributed by atoms with Crippen LogP contribution in [0, 0.1) is 0 Å². The fraction of sp³-hybridized carbons (Fsp3) is 0.643. The van der Waals surface area contributed by atoms with Gasteiger partial charge in [0.25, 0.3) is 5.91 Å². The van der Waals surface area contributed by atoms with E-state index in [9.17, 15) is 4.79 Å². The van der Waals surface area contributed by atoms with Crippen LogP contribution < -0.4 is 10.6 Å². The number of rotatable bonds is 7. The molecule has 1 aliphatic rings. The lowest BCUT2D eigenvalue weighted by molar-refractivity contribution is 0.0938. The summed E-state index contributed by atoms with van der Waals surface area (Å²) >= 11 is 1.85. The van der Waals surface area contributed by atoms with Crippen LogP contribution in [0.5, 0.6) is 0 Å². The molecule has 1 heterocycles. The molecule has 1 aromatic heterocycles. The number of nitrogens with zero attached hydrogens (tertiary/aromatic N) is 2. The van der Waals surface area contributed by atoms with Gasteiger partial charge in [-0.1, -0.05) is 13.3 Å². The van der Waals surface area contributed by atoms with Gasteiger partial charge in [0.2, 0.25) is 0 Å². The molecular formula is C14H22N4OS. The van der Waals surface area contributed by atoms with E-state index in [4.69, 9.17) is 0 Å². The van der Waals surface area contributed by atoms with Crippen LogP contribution in [0.2, 0.25) is 0 Å². The van der Waals surface area contributed by atoms with Crippen molar-refractivity contribution >= 4 is 23.5 Å². The van der Waals surface area contributed by atoms with Crippen molar-refractivity contribution < 1.29 is 4.79 Å². The number of carbonyl (C=O) groups excluding carboxylic acids is 1. The summed E-state index contributed by atoms with van der Waals surface area (Å²) in [6.45, 7) is 3.62. The van der Waals surface area contributed by atoms with E-state index in [1.165, 1.54) is 25.5 Å². The second-order valence-corrected chi connectivity index (χ2v) is 6.41. The van der Waals surface area contributed by atoms with Crippen molar-refractivity contribution in [2.45, 2.75) is 37.4 Å². The Labute approximate surface area is 124 Å². The van der Waals surface area contributed by atoms with E-state index < -0.39 is 0 Å². The first-order chi connectivity index (χ1) is 9.69. The van der Waals surface area contributed by atoms with Crippen molar-refractivity contribution in [1.29, 1.82) is 0 Å². The first kappa shape index (κ1) is 15.1. The molecule has 0 spiro atoms. The summed E-state index contributed by atoms with van der Waals surface area (Å²) in [4.78, 5) is 20.5. The number of carbonyl (C=O) groups is 1. The standard InChI is InChI=1S/C14H22N4OS/c1-3-7-16-12-9-15-8-11(18-12)13(19)17-10-14(20-2)5-4-6-14/h8-9H,3-7,10H2,1-2H3,(H,16,18)(H,17,19). The molecule has 20 heavy (non-hydrogen) atoms. The maximum Gasteiger partial charge on any atom is 0.271 e. The maximum absolute atomic E-state index is 12.1. The van der Waals surface area contributed by atoms with Crippen LogP contribution in [-0.4, -0.2) is 40.0 Å². The Morgan fingerprint density at radius 3 is 2.85 bits per heavy atom. The van der Waals surface area contributed by atoms with Gasteiger partial charge in [-0.05, 0) is 25.5 Å². The molecule has 1 amide bonds. The Hall–Kier alpha value is -1.30. The van der Waals surface area contributed by atoms with Crippen LogP contribution in [0.25, 0.3) is 0 Å². The number of hydrogen-bond donors (Lipinski definition) is 2. The molecule has 2 rings (SSSR count). The van der Waals surface area contributed by atoms with Gasteiger partial charge in [0, 0.05) is 17.8 Å². The largest absolute Gasteiger partial charge is 0.369 e. The summed E-state index contributed by atoms with van der Waals surface area (Å²) in [5.41, 5.74) is 0.377. The summed E-state index contributed by atoms with van der Waals surface area (Å²) in [7, 11) is 0. The van der Waals surface area contributed by atoms with Gasteiger partial charge in [0.05, 0.1) is 12.4 Å². The van der Waals surface area contributed by atoms with Gasteiger partial charge in [0.1, 0.15) is 11.5 Å². The Morgan fingerprint density at radius 1 is 1.45 bits per heavy atom. The average molecular weight is 294 g/mol. The zero-order valence-electron chi connectivity index (χ0n) is 12.1. The average Bonchev–Trinajstić information content (AvgIpc) is 2.44. The van der Waals surface area contributed by atoms with E-state index >= 15 is 0 Å². The molecule has 5 nitrogen and oxygen atoms in total. The van der Waals surface area contributed by atoms with Gasteiger partial charge in [-0.25, -0.2) is 4.98 Å². The molecule has 0 bridgehead atoms. The summed E-state index contributed by atoms with van der Waals surface area (Å²) in [5.74, 6) is 0.515. The van der Waals surface area contributed by atoms with Crippen molar-refractivity contribution in [2.24, 2.45) is 0 Å². The van der Waals surface area contributed by atoms with E-state index in [0.717, 1.165) is 13.0 Å². The first-order valence-corrected chi connectivity index (χ1v) is 8.31. The Balaban J connectivity index is 1.91. The number of aromatic nitrogens is 2. The molecular weight excluding hydrogens is 272 g/mol. The molecule has 1 saturated carbocycles. The molecule has 0 radical (unpaired) electrons. The molecule has 1 aromatic rings. The second-order valence-electron chi connectivity index (χ2n) is 5.14. The molecule has 0 unspecified atom stereocenters. The van der Waals surface area contributed by atoms with Crippen molar-refractivity contribution in [3.63, 3.8) is 0 Å². The number of nitrogens with one attached hydrogen (secondary N) is 2.